The quantitative estimate of drug-likeness (QED) is 0.161. The number of hydrogen-bond acceptors (Lipinski definition) is 3. The third kappa shape index (κ3) is 6.23. The molecule has 0 saturated heterocycles. The van der Waals surface area contributed by atoms with Crippen molar-refractivity contribution in [1.29, 1.82) is 5.26 Å². The fraction of sp³-hybridized carbons (Fsp3) is 0.0167. The second-order valence-electron chi connectivity index (χ2n) is 16.5. The van der Waals surface area contributed by atoms with Gasteiger partial charge in [-0.2, -0.15) is 5.26 Å². The summed E-state index contributed by atoms with van der Waals surface area (Å²) in [6.45, 7) is 2.25. The maximum atomic E-state index is 10.1. The Morgan fingerprint density at radius 3 is 1.46 bits per heavy atom. The van der Waals surface area contributed by atoms with E-state index in [9.17, 15) is 5.26 Å². The highest BCUT2D eigenvalue weighted by molar-refractivity contribution is 6.13. The summed E-state index contributed by atoms with van der Waals surface area (Å²) >= 11 is 0. The van der Waals surface area contributed by atoms with Crippen LogP contribution in [0.2, 0.25) is 0 Å². The smallest absolute Gasteiger partial charge is 0.0991 e. The Hall–Kier alpha value is -8.85. The molecule has 0 fully saturated rings. The van der Waals surface area contributed by atoms with Gasteiger partial charge < -0.3 is 9.13 Å². The minimum Gasteiger partial charge on any atom is -0.309 e. The van der Waals surface area contributed by atoms with E-state index in [0.717, 1.165) is 106 Å². The summed E-state index contributed by atoms with van der Waals surface area (Å²) in [5, 5.41) is 14.7. The standard InChI is InChI=1S/C60H39N5/c1-39-53(64-54-25-10-8-21-49(54)51-36-44(27-30-56(51)64)46-23-13-33-62-58(46)41-16-4-2-5-17-41)32-29-48(43-20-12-15-40(35-43)38-61)60(39)65-55-26-11-9-22-50(55)52-37-45(28-31-57(52)65)47-24-14-34-63-59(47)42-18-6-3-7-19-42/h2-37H,1H3. The molecular formula is C60H39N5. The normalized spacial score (nSPS) is 11.4. The number of pyridine rings is 2. The van der Waals surface area contributed by atoms with Gasteiger partial charge in [0.15, 0.2) is 0 Å². The molecule has 0 spiro atoms. The second kappa shape index (κ2) is 15.5. The number of para-hydroxylation sites is 2. The Morgan fingerprint density at radius 1 is 0.385 bits per heavy atom. The van der Waals surface area contributed by atoms with Crippen LogP contribution in [0.1, 0.15) is 11.1 Å². The van der Waals surface area contributed by atoms with Crippen LogP contribution in [-0.4, -0.2) is 19.1 Å². The van der Waals surface area contributed by atoms with Crippen molar-refractivity contribution in [3.05, 3.63) is 230 Å². The van der Waals surface area contributed by atoms with Gasteiger partial charge in [0.1, 0.15) is 0 Å². The van der Waals surface area contributed by atoms with E-state index in [1.54, 1.807) is 0 Å². The summed E-state index contributed by atoms with van der Waals surface area (Å²) in [6.07, 6.45) is 3.74. The summed E-state index contributed by atoms with van der Waals surface area (Å²) in [5.41, 5.74) is 18.8. The number of benzene rings is 8. The Balaban J connectivity index is 1.11. The zero-order valence-electron chi connectivity index (χ0n) is 35.5. The average molecular weight is 830 g/mol. The van der Waals surface area contributed by atoms with Crippen molar-refractivity contribution in [2.45, 2.75) is 6.92 Å². The van der Waals surface area contributed by atoms with E-state index in [4.69, 9.17) is 9.97 Å². The van der Waals surface area contributed by atoms with Crippen molar-refractivity contribution in [3.63, 3.8) is 0 Å². The van der Waals surface area contributed by atoms with Crippen molar-refractivity contribution in [2.75, 3.05) is 0 Å². The summed E-state index contributed by atoms with van der Waals surface area (Å²) in [6, 6.07) is 75.0. The highest BCUT2D eigenvalue weighted by Gasteiger charge is 2.23. The molecule has 4 heterocycles. The molecule has 0 unspecified atom stereocenters. The fourth-order valence-electron chi connectivity index (χ4n) is 9.92. The maximum absolute atomic E-state index is 10.1. The Bertz CT molecular complexity index is 3850. The highest BCUT2D eigenvalue weighted by atomic mass is 15.0. The van der Waals surface area contributed by atoms with Gasteiger partial charge in [-0.3, -0.25) is 9.97 Å². The van der Waals surface area contributed by atoms with Crippen molar-refractivity contribution in [2.24, 2.45) is 0 Å². The number of nitrogens with zero attached hydrogens (tertiary/aromatic N) is 5. The molecule has 0 aliphatic carbocycles. The van der Waals surface area contributed by atoms with Gasteiger partial charge in [-0.15, -0.1) is 0 Å². The maximum Gasteiger partial charge on any atom is 0.0991 e. The first-order valence-electron chi connectivity index (χ1n) is 21.9. The van der Waals surface area contributed by atoms with Crippen molar-refractivity contribution >= 4 is 43.6 Å². The van der Waals surface area contributed by atoms with Crippen molar-refractivity contribution in [3.8, 4) is 73.3 Å². The summed E-state index contributed by atoms with van der Waals surface area (Å²) in [5.74, 6) is 0. The van der Waals surface area contributed by atoms with Gasteiger partial charge in [0.2, 0.25) is 0 Å². The first-order valence-corrected chi connectivity index (χ1v) is 21.9. The van der Waals surface area contributed by atoms with Gasteiger partial charge in [0.25, 0.3) is 0 Å². The molecule has 0 aliphatic rings. The molecule has 0 amide bonds. The van der Waals surface area contributed by atoms with Gasteiger partial charge in [-0.05, 0) is 95.9 Å². The lowest BCUT2D eigenvalue weighted by atomic mass is 9.96. The Labute approximate surface area is 376 Å². The van der Waals surface area contributed by atoms with Gasteiger partial charge >= 0.3 is 0 Å². The van der Waals surface area contributed by atoms with Gasteiger partial charge in [-0.1, -0.05) is 140 Å². The topological polar surface area (TPSA) is 59.4 Å². The van der Waals surface area contributed by atoms with E-state index < -0.39 is 0 Å². The number of aromatic nitrogens is 4. The summed E-state index contributed by atoms with van der Waals surface area (Å²) in [4.78, 5) is 9.73. The largest absolute Gasteiger partial charge is 0.309 e. The van der Waals surface area contributed by atoms with Crippen LogP contribution in [0.25, 0.3) is 111 Å². The van der Waals surface area contributed by atoms with E-state index in [-0.39, 0.29) is 0 Å². The first-order chi connectivity index (χ1) is 32.1. The fourth-order valence-corrected chi connectivity index (χ4v) is 9.92. The molecule has 8 aromatic carbocycles. The average Bonchev–Trinajstić information content (AvgIpc) is 3.88. The van der Waals surface area contributed by atoms with E-state index >= 15 is 0 Å². The van der Waals surface area contributed by atoms with Gasteiger partial charge in [-0.25, -0.2) is 0 Å². The Morgan fingerprint density at radius 2 is 0.877 bits per heavy atom. The van der Waals surface area contributed by atoms with Gasteiger partial charge in [0, 0.05) is 61.8 Å². The van der Waals surface area contributed by atoms with E-state index in [1.165, 1.54) is 10.8 Å². The summed E-state index contributed by atoms with van der Waals surface area (Å²) in [7, 11) is 0. The van der Waals surface area contributed by atoms with Crippen LogP contribution in [0.3, 0.4) is 0 Å². The monoisotopic (exact) mass is 829 g/mol. The number of rotatable bonds is 7. The molecule has 0 radical (unpaired) electrons. The molecule has 0 aliphatic heterocycles. The third-order valence-corrected chi connectivity index (χ3v) is 12.8. The zero-order chi connectivity index (χ0) is 43.4. The van der Waals surface area contributed by atoms with Crippen LogP contribution in [0, 0.1) is 18.3 Å². The van der Waals surface area contributed by atoms with E-state index in [0.29, 0.717) is 5.56 Å². The molecule has 0 atom stereocenters. The molecule has 5 heteroatoms. The number of hydrogen-bond donors (Lipinski definition) is 0. The predicted octanol–water partition coefficient (Wildman–Crippen LogP) is 15.2. The zero-order valence-corrected chi connectivity index (χ0v) is 35.5. The van der Waals surface area contributed by atoms with Crippen LogP contribution >= 0.6 is 0 Å². The van der Waals surface area contributed by atoms with Crippen LogP contribution in [0.15, 0.2) is 219 Å². The molecule has 12 aromatic rings. The molecule has 65 heavy (non-hydrogen) atoms. The second-order valence-corrected chi connectivity index (χ2v) is 16.5. The van der Waals surface area contributed by atoms with Crippen LogP contribution < -0.4 is 0 Å². The first kappa shape index (κ1) is 37.9. The van der Waals surface area contributed by atoms with E-state index in [2.05, 4.69) is 186 Å². The highest BCUT2D eigenvalue weighted by Crippen LogP contribution is 2.44. The van der Waals surface area contributed by atoms with Crippen LogP contribution in [0.5, 0.6) is 0 Å². The molecule has 4 aromatic heterocycles. The molecule has 304 valence electrons. The molecule has 0 N–H and O–H groups in total. The molecule has 0 saturated carbocycles. The molecular weight excluding hydrogens is 791 g/mol. The lowest BCUT2D eigenvalue weighted by Gasteiger charge is -2.21. The SMILES string of the molecule is Cc1c(-n2c3ccccc3c3cc(-c4cccnc4-c4ccccc4)ccc32)ccc(-c2cccc(C#N)c2)c1-n1c2ccccc2c2cc(-c3cccnc3-c3ccccc3)ccc21. The minimum atomic E-state index is 0.620. The van der Waals surface area contributed by atoms with Crippen LogP contribution in [0.4, 0.5) is 0 Å². The number of nitriles is 1. The predicted molar refractivity (Wildman–Crippen MR) is 267 cm³/mol. The lowest BCUT2D eigenvalue weighted by Crippen LogP contribution is -2.05. The third-order valence-electron chi connectivity index (χ3n) is 12.8. The Kier molecular flexibility index (Phi) is 9.03. The van der Waals surface area contributed by atoms with E-state index in [1.807, 2.05) is 54.9 Å². The molecule has 0 bridgehead atoms. The molecule has 12 rings (SSSR count). The summed E-state index contributed by atoms with van der Waals surface area (Å²) < 4.78 is 4.85. The van der Waals surface area contributed by atoms with Gasteiger partial charge in [0.05, 0.1) is 56.5 Å². The lowest BCUT2D eigenvalue weighted by molar-refractivity contribution is 1.10. The van der Waals surface area contributed by atoms with Crippen LogP contribution in [-0.2, 0) is 0 Å². The van der Waals surface area contributed by atoms with Crippen molar-refractivity contribution in [1.82, 2.24) is 19.1 Å². The number of fused-ring (bicyclic) bond motifs is 6. The minimum absolute atomic E-state index is 0.620. The molecule has 5 nitrogen and oxygen atoms in total. The van der Waals surface area contributed by atoms with Crippen molar-refractivity contribution < 1.29 is 0 Å².